The van der Waals surface area contributed by atoms with E-state index in [0.29, 0.717) is 57.2 Å². The fraction of sp³-hybridized carbons (Fsp3) is 0.394. The summed E-state index contributed by atoms with van der Waals surface area (Å²) >= 11 is 0. The Kier molecular flexibility index (Phi) is 12.3. The van der Waals surface area contributed by atoms with Gasteiger partial charge in [-0.3, -0.25) is 9.59 Å². The Morgan fingerprint density at radius 1 is 0.932 bits per heavy atom. The highest BCUT2D eigenvalue weighted by Crippen LogP contribution is 2.25. The average molecular weight is 624 g/mol. The second kappa shape index (κ2) is 16.3. The summed E-state index contributed by atoms with van der Waals surface area (Å²) in [5.74, 6) is -0.362. The number of carbonyl (C=O) groups is 2. The van der Waals surface area contributed by atoms with Gasteiger partial charge in [0.1, 0.15) is 11.8 Å². The van der Waals surface area contributed by atoms with Crippen LogP contribution < -0.4 is 10.1 Å². The highest BCUT2D eigenvalue weighted by molar-refractivity contribution is 7.89. The van der Waals surface area contributed by atoms with E-state index in [1.807, 2.05) is 74.5 Å². The van der Waals surface area contributed by atoms with Crippen molar-refractivity contribution in [2.24, 2.45) is 0 Å². The molecule has 10 nitrogen and oxygen atoms in total. The summed E-state index contributed by atoms with van der Waals surface area (Å²) in [5.41, 5.74) is 1.53. The molecular formula is C33H41N3O7S. The summed E-state index contributed by atoms with van der Waals surface area (Å²) in [4.78, 5) is 29.1. The van der Waals surface area contributed by atoms with Crippen LogP contribution in [0.4, 0.5) is 0 Å². The number of morpholine rings is 1. The molecule has 0 radical (unpaired) electrons. The predicted molar refractivity (Wildman–Crippen MR) is 166 cm³/mol. The molecule has 0 saturated carbocycles. The zero-order valence-electron chi connectivity index (χ0n) is 25.3. The van der Waals surface area contributed by atoms with Gasteiger partial charge in [0.05, 0.1) is 24.2 Å². The van der Waals surface area contributed by atoms with Crippen molar-refractivity contribution in [2.45, 2.75) is 43.9 Å². The van der Waals surface area contributed by atoms with Crippen molar-refractivity contribution in [2.75, 3.05) is 46.1 Å². The van der Waals surface area contributed by atoms with Gasteiger partial charge in [0, 0.05) is 32.8 Å². The number of nitrogens with zero attached hydrogens (tertiary/aromatic N) is 2. The van der Waals surface area contributed by atoms with E-state index >= 15 is 0 Å². The standard InChI is InChI=1S/C33H41N3O7S/c1-26(2)42-21-9-18-34-33(38)32(28-12-7-4-8-13-28)36(24-27-10-5-3-6-11-27)31(37)25-43-29-14-16-30(17-15-29)44(39,40)35-19-22-41-23-20-35/h3-8,10-17,26,32H,9,18-25H2,1-2H3,(H,34,38). The Morgan fingerprint density at radius 3 is 2.20 bits per heavy atom. The van der Waals surface area contributed by atoms with Gasteiger partial charge in [-0.1, -0.05) is 60.7 Å². The third kappa shape index (κ3) is 9.36. The van der Waals surface area contributed by atoms with Crippen molar-refractivity contribution >= 4 is 21.8 Å². The number of ether oxygens (including phenoxy) is 3. The quantitative estimate of drug-likeness (QED) is 0.256. The van der Waals surface area contributed by atoms with Crippen LogP contribution in [-0.4, -0.2) is 81.6 Å². The molecule has 1 fully saturated rings. The number of hydrogen-bond acceptors (Lipinski definition) is 7. The van der Waals surface area contributed by atoms with E-state index in [4.69, 9.17) is 14.2 Å². The Labute approximate surface area is 260 Å². The third-order valence-electron chi connectivity index (χ3n) is 7.06. The molecule has 1 aliphatic rings. The Balaban J connectivity index is 1.50. The third-order valence-corrected chi connectivity index (χ3v) is 8.97. The maximum Gasteiger partial charge on any atom is 0.261 e. The monoisotopic (exact) mass is 623 g/mol. The van der Waals surface area contributed by atoms with Gasteiger partial charge in [-0.15, -0.1) is 0 Å². The van der Waals surface area contributed by atoms with E-state index < -0.39 is 22.0 Å². The molecular weight excluding hydrogens is 582 g/mol. The average Bonchev–Trinajstić information content (AvgIpc) is 3.04. The minimum absolute atomic E-state index is 0.104. The maximum atomic E-state index is 13.8. The van der Waals surface area contributed by atoms with Gasteiger partial charge in [0.15, 0.2) is 6.61 Å². The first-order chi connectivity index (χ1) is 21.3. The van der Waals surface area contributed by atoms with E-state index in [1.54, 1.807) is 0 Å². The largest absolute Gasteiger partial charge is 0.484 e. The Bertz CT molecular complexity index is 1430. The predicted octanol–water partition coefficient (Wildman–Crippen LogP) is 3.79. The van der Waals surface area contributed by atoms with Crippen LogP contribution in [0.2, 0.25) is 0 Å². The first kappa shape index (κ1) is 33.1. The molecule has 1 atom stereocenters. The number of rotatable bonds is 15. The molecule has 44 heavy (non-hydrogen) atoms. The molecule has 1 aliphatic heterocycles. The second-order valence-corrected chi connectivity index (χ2v) is 12.6. The lowest BCUT2D eigenvalue weighted by molar-refractivity contribution is -0.143. The van der Waals surface area contributed by atoms with Crippen LogP contribution >= 0.6 is 0 Å². The van der Waals surface area contributed by atoms with Crippen LogP contribution in [0.1, 0.15) is 37.4 Å². The molecule has 1 unspecified atom stereocenters. The molecule has 1 saturated heterocycles. The Morgan fingerprint density at radius 2 is 1.57 bits per heavy atom. The van der Waals surface area contributed by atoms with E-state index in [-0.39, 0.29) is 30.1 Å². The minimum atomic E-state index is -3.66. The Hall–Kier alpha value is -3.77. The summed E-state index contributed by atoms with van der Waals surface area (Å²) in [5, 5.41) is 2.97. The lowest BCUT2D eigenvalue weighted by atomic mass is 10.0. The molecule has 1 heterocycles. The first-order valence-corrected chi connectivity index (χ1v) is 16.3. The number of nitrogens with one attached hydrogen (secondary N) is 1. The van der Waals surface area contributed by atoms with Gasteiger partial charge < -0.3 is 24.4 Å². The zero-order valence-corrected chi connectivity index (χ0v) is 26.1. The van der Waals surface area contributed by atoms with Crippen molar-refractivity contribution < 1.29 is 32.2 Å². The zero-order chi connectivity index (χ0) is 31.4. The van der Waals surface area contributed by atoms with Crippen LogP contribution in [0.3, 0.4) is 0 Å². The molecule has 0 aromatic heterocycles. The van der Waals surface area contributed by atoms with Gasteiger partial charge in [-0.2, -0.15) is 4.31 Å². The fourth-order valence-corrected chi connectivity index (χ4v) is 6.19. The van der Waals surface area contributed by atoms with Crippen molar-refractivity contribution in [3.05, 3.63) is 96.1 Å². The lowest BCUT2D eigenvalue weighted by Crippen LogP contribution is -2.45. The van der Waals surface area contributed by atoms with Crippen molar-refractivity contribution in [3.63, 3.8) is 0 Å². The number of benzene rings is 3. The van der Waals surface area contributed by atoms with Crippen molar-refractivity contribution in [1.82, 2.24) is 14.5 Å². The molecule has 0 spiro atoms. The van der Waals surface area contributed by atoms with E-state index in [0.717, 1.165) is 5.56 Å². The number of carbonyl (C=O) groups excluding carboxylic acids is 2. The molecule has 1 N–H and O–H groups in total. The topological polar surface area (TPSA) is 114 Å². The van der Waals surface area contributed by atoms with Gasteiger partial charge in [-0.05, 0) is 55.7 Å². The van der Waals surface area contributed by atoms with Gasteiger partial charge >= 0.3 is 0 Å². The SMILES string of the molecule is CC(C)OCCCNC(=O)C(c1ccccc1)N(Cc1ccccc1)C(=O)COc1ccc(S(=O)(=O)N2CCOCC2)cc1. The van der Waals surface area contributed by atoms with Crippen LogP contribution in [0.15, 0.2) is 89.8 Å². The molecule has 4 rings (SSSR count). The van der Waals surface area contributed by atoms with E-state index in [9.17, 15) is 18.0 Å². The van der Waals surface area contributed by atoms with Crippen LogP contribution in [-0.2, 0) is 35.6 Å². The fourth-order valence-electron chi connectivity index (χ4n) is 4.78. The minimum Gasteiger partial charge on any atom is -0.484 e. The van der Waals surface area contributed by atoms with Crippen LogP contribution in [0, 0.1) is 0 Å². The van der Waals surface area contributed by atoms with Crippen LogP contribution in [0.25, 0.3) is 0 Å². The summed E-state index contributed by atoms with van der Waals surface area (Å²) in [6.07, 6.45) is 0.741. The molecule has 0 bridgehead atoms. The maximum absolute atomic E-state index is 13.8. The molecule has 3 aromatic rings. The number of sulfonamides is 1. The first-order valence-electron chi connectivity index (χ1n) is 14.8. The smallest absolute Gasteiger partial charge is 0.261 e. The van der Waals surface area contributed by atoms with E-state index in [2.05, 4.69) is 5.32 Å². The molecule has 3 aromatic carbocycles. The lowest BCUT2D eigenvalue weighted by Gasteiger charge is -2.31. The highest BCUT2D eigenvalue weighted by Gasteiger charge is 2.32. The molecule has 236 valence electrons. The molecule has 11 heteroatoms. The normalized spacial score (nSPS) is 14.6. The van der Waals surface area contributed by atoms with Crippen molar-refractivity contribution in [3.8, 4) is 5.75 Å². The summed E-state index contributed by atoms with van der Waals surface area (Å²) in [6, 6.07) is 23.7. The van der Waals surface area contributed by atoms with Gasteiger partial charge in [0.2, 0.25) is 15.9 Å². The van der Waals surface area contributed by atoms with Gasteiger partial charge in [-0.25, -0.2) is 8.42 Å². The number of amides is 2. The molecule has 0 aliphatic carbocycles. The summed E-state index contributed by atoms with van der Waals surface area (Å²) in [7, 11) is -3.66. The van der Waals surface area contributed by atoms with E-state index in [1.165, 1.54) is 33.5 Å². The summed E-state index contributed by atoms with van der Waals surface area (Å²) < 4.78 is 44.0. The van der Waals surface area contributed by atoms with Crippen LogP contribution in [0.5, 0.6) is 5.75 Å². The number of hydrogen-bond donors (Lipinski definition) is 1. The van der Waals surface area contributed by atoms with Crippen molar-refractivity contribution in [1.29, 1.82) is 0 Å². The molecule has 2 amide bonds. The second-order valence-electron chi connectivity index (χ2n) is 10.7. The summed E-state index contributed by atoms with van der Waals surface area (Å²) in [6.45, 7) is 5.99. The van der Waals surface area contributed by atoms with Gasteiger partial charge in [0.25, 0.3) is 5.91 Å². The highest BCUT2D eigenvalue weighted by atomic mass is 32.2.